The topological polar surface area (TPSA) is 99.3 Å². The molecule has 2 aromatic carbocycles. The Morgan fingerprint density at radius 1 is 1.16 bits per heavy atom. The molecule has 2 aromatic heterocycles. The van der Waals surface area contributed by atoms with Gasteiger partial charge in [0, 0.05) is 35.5 Å². The third-order valence-electron chi connectivity index (χ3n) is 5.93. The average Bonchev–Trinajstić information content (AvgIpc) is 3.47. The zero-order chi connectivity index (χ0) is 27.4. The molecule has 0 radical (unpaired) electrons. The highest BCUT2D eigenvalue weighted by Crippen LogP contribution is 2.34. The van der Waals surface area contributed by atoms with Gasteiger partial charge in [0.25, 0.3) is 0 Å². The van der Waals surface area contributed by atoms with Crippen LogP contribution in [-0.2, 0) is 16.4 Å². The van der Waals surface area contributed by atoms with Crippen molar-refractivity contribution in [3.63, 3.8) is 0 Å². The number of rotatable bonds is 10. The summed E-state index contributed by atoms with van der Waals surface area (Å²) in [5.41, 5.74) is 4.55. The molecular weight excluding hydrogens is 540 g/mol. The lowest BCUT2D eigenvalue weighted by atomic mass is 10.1. The summed E-state index contributed by atoms with van der Waals surface area (Å²) < 4.78 is 29.4. The Bertz CT molecular complexity index is 1590. The fraction of sp³-hybridized carbons (Fsp3) is 0.214. The van der Waals surface area contributed by atoms with Crippen LogP contribution in [0.15, 0.2) is 76.2 Å². The minimum atomic E-state index is -3.32. The number of hydrogen-bond donors (Lipinski definition) is 2. The van der Waals surface area contributed by atoms with E-state index in [-0.39, 0.29) is 4.90 Å². The summed E-state index contributed by atoms with van der Waals surface area (Å²) in [5, 5.41) is 16.7. The summed E-state index contributed by atoms with van der Waals surface area (Å²) in [4.78, 5) is 4.12. The molecule has 0 fully saturated rings. The first-order valence-electron chi connectivity index (χ1n) is 11.8. The fourth-order valence-corrected chi connectivity index (χ4v) is 5.78. The minimum Gasteiger partial charge on any atom is -0.361 e. The molecule has 38 heavy (non-hydrogen) atoms. The predicted molar refractivity (Wildman–Crippen MR) is 156 cm³/mol. The van der Waals surface area contributed by atoms with Gasteiger partial charge in [-0.25, -0.2) is 8.42 Å². The predicted octanol–water partition coefficient (Wildman–Crippen LogP) is 6.68. The number of benzene rings is 2. The monoisotopic (exact) mass is 568 g/mol. The first kappa shape index (κ1) is 27.8. The number of aryl methyl sites for hydroxylation is 2. The van der Waals surface area contributed by atoms with Crippen molar-refractivity contribution < 1.29 is 12.9 Å². The van der Waals surface area contributed by atoms with Crippen molar-refractivity contribution >= 4 is 49.9 Å². The van der Waals surface area contributed by atoms with Gasteiger partial charge in [0.2, 0.25) is 0 Å². The van der Waals surface area contributed by atoms with Crippen LogP contribution in [0.1, 0.15) is 21.9 Å². The Kier molecular flexibility index (Phi) is 8.52. The number of nitrogens with one attached hydrogen (secondary N) is 2. The van der Waals surface area contributed by atoms with E-state index in [1.807, 2.05) is 62.2 Å². The van der Waals surface area contributed by atoms with E-state index in [9.17, 15) is 8.42 Å². The van der Waals surface area contributed by atoms with E-state index in [0.29, 0.717) is 23.8 Å². The molecule has 10 heteroatoms. The van der Waals surface area contributed by atoms with Gasteiger partial charge >= 0.3 is 0 Å². The van der Waals surface area contributed by atoms with Crippen LogP contribution in [0.3, 0.4) is 0 Å². The zero-order valence-corrected chi connectivity index (χ0v) is 24.0. The smallest absolute Gasteiger partial charge is 0.175 e. The van der Waals surface area contributed by atoms with Gasteiger partial charge in [-0.2, -0.15) is 0 Å². The highest BCUT2D eigenvalue weighted by atomic mass is 35.5. The number of para-hydroxylation sites is 1. The maximum atomic E-state index is 12.0. The molecule has 0 aliphatic carbocycles. The van der Waals surface area contributed by atoms with Crippen LogP contribution in [0.25, 0.3) is 16.1 Å². The van der Waals surface area contributed by atoms with E-state index in [0.717, 1.165) is 43.7 Å². The third-order valence-corrected chi connectivity index (χ3v) is 8.54. The van der Waals surface area contributed by atoms with Crippen molar-refractivity contribution in [1.29, 1.82) is 5.41 Å². The van der Waals surface area contributed by atoms with Crippen LogP contribution in [0.4, 0.5) is 5.69 Å². The molecule has 0 amide bonds. The number of nitrogens with zero attached hydrogens (tertiary/aromatic N) is 2. The summed E-state index contributed by atoms with van der Waals surface area (Å²) in [5.74, 6) is 0.781. The molecule has 4 aromatic rings. The van der Waals surface area contributed by atoms with Crippen LogP contribution >= 0.6 is 22.9 Å². The van der Waals surface area contributed by atoms with Gasteiger partial charge in [-0.1, -0.05) is 41.0 Å². The summed E-state index contributed by atoms with van der Waals surface area (Å²) in [6.07, 6.45) is 3.00. The van der Waals surface area contributed by atoms with E-state index in [4.69, 9.17) is 21.5 Å². The molecule has 0 bridgehead atoms. The number of anilines is 1. The van der Waals surface area contributed by atoms with Crippen LogP contribution in [0.2, 0.25) is 5.02 Å². The van der Waals surface area contributed by atoms with E-state index in [1.54, 1.807) is 30.3 Å². The van der Waals surface area contributed by atoms with Crippen molar-refractivity contribution in [2.24, 2.45) is 0 Å². The molecule has 0 saturated carbocycles. The third kappa shape index (κ3) is 6.79. The normalized spacial score (nSPS) is 12.2. The molecule has 4 rings (SSSR count). The molecule has 0 aliphatic heterocycles. The van der Waals surface area contributed by atoms with Crippen LogP contribution in [-0.4, -0.2) is 44.0 Å². The second-order valence-electron chi connectivity index (χ2n) is 9.13. The average molecular weight is 569 g/mol. The number of sulfone groups is 1. The Morgan fingerprint density at radius 2 is 1.92 bits per heavy atom. The molecule has 2 N–H and O–H groups in total. The lowest BCUT2D eigenvalue weighted by molar-refractivity contribution is 0.363. The number of halogens is 1. The molecular formula is C28H29ClN4O3S2. The van der Waals surface area contributed by atoms with Gasteiger partial charge in [0.15, 0.2) is 9.84 Å². The highest BCUT2D eigenvalue weighted by Gasteiger charge is 2.15. The number of hydrogen-bond acceptors (Lipinski definition) is 8. The Morgan fingerprint density at radius 3 is 2.61 bits per heavy atom. The van der Waals surface area contributed by atoms with E-state index in [1.165, 1.54) is 17.6 Å². The summed E-state index contributed by atoms with van der Waals surface area (Å²) in [6, 6.07) is 18.3. The second kappa shape index (κ2) is 11.7. The number of thiophene rings is 1. The summed E-state index contributed by atoms with van der Waals surface area (Å²) in [7, 11) is -1.36. The van der Waals surface area contributed by atoms with Gasteiger partial charge in [-0.3, -0.25) is 4.90 Å². The van der Waals surface area contributed by atoms with Crippen LogP contribution in [0, 0.1) is 19.3 Å². The lowest BCUT2D eigenvalue weighted by Crippen LogP contribution is -2.25. The van der Waals surface area contributed by atoms with Gasteiger partial charge in [0.1, 0.15) is 5.76 Å². The lowest BCUT2D eigenvalue weighted by Gasteiger charge is -2.17. The summed E-state index contributed by atoms with van der Waals surface area (Å²) in [6.45, 7) is 4.83. The minimum absolute atomic E-state index is 0.276. The second-order valence-corrected chi connectivity index (χ2v) is 12.6. The highest BCUT2D eigenvalue weighted by molar-refractivity contribution is 7.90. The Hall–Kier alpha value is -3.24. The molecule has 7 nitrogen and oxygen atoms in total. The largest absolute Gasteiger partial charge is 0.361 e. The molecule has 0 unspecified atom stereocenters. The molecule has 0 saturated heterocycles. The van der Waals surface area contributed by atoms with Crippen LogP contribution < -0.4 is 5.32 Å². The van der Waals surface area contributed by atoms with Gasteiger partial charge < -0.3 is 15.2 Å². The summed E-state index contributed by atoms with van der Waals surface area (Å²) >= 11 is 7.93. The maximum absolute atomic E-state index is 12.0. The van der Waals surface area contributed by atoms with E-state index in [2.05, 4.69) is 10.5 Å². The van der Waals surface area contributed by atoms with Gasteiger partial charge in [-0.15, -0.1) is 11.3 Å². The van der Waals surface area contributed by atoms with Gasteiger partial charge in [0.05, 0.1) is 31.9 Å². The standard InChI is InChI=1S/C28H29ClN4O3S2/c1-18-23(19(2)36-32-18)17-33(3)16-21(30)15-26(31-25-11-6-5-10-24(25)29)28-13-12-27(37-28)20-8-7-9-22(14-20)38(4,34)35/h5-15,30-31H,16-17H2,1-4H3/b26-15-,30-21?. The first-order valence-corrected chi connectivity index (χ1v) is 14.9. The van der Waals surface area contributed by atoms with Crippen molar-refractivity contribution in [2.45, 2.75) is 25.3 Å². The first-order chi connectivity index (χ1) is 18.0. The van der Waals surface area contributed by atoms with E-state index < -0.39 is 9.84 Å². The van der Waals surface area contributed by atoms with Crippen molar-refractivity contribution in [1.82, 2.24) is 10.1 Å². The maximum Gasteiger partial charge on any atom is 0.175 e. The number of aromatic nitrogens is 1. The molecule has 0 aliphatic rings. The molecule has 198 valence electrons. The molecule has 0 atom stereocenters. The fourth-order valence-electron chi connectivity index (χ4n) is 3.96. The van der Waals surface area contributed by atoms with Crippen LogP contribution in [0.5, 0.6) is 0 Å². The molecule has 0 spiro atoms. The van der Waals surface area contributed by atoms with Crippen molar-refractivity contribution in [3.8, 4) is 10.4 Å². The Labute approximate surface area is 232 Å². The quantitative estimate of drug-likeness (QED) is 0.207. The molecule has 2 heterocycles. The zero-order valence-electron chi connectivity index (χ0n) is 21.6. The SMILES string of the molecule is Cc1noc(C)c1CN(C)CC(=N)/C=C(\Nc1ccccc1Cl)c1ccc(-c2cccc(S(C)(=O)=O)c2)s1. The van der Waals surface area contributed by atoms with Crippen molar-refractivity contribution in [3.05, 3.63) is 93.7 Å². The van der Waals surface area contributed by atoms with E-state index >= 15 is 0 Å². The van der Waals surface area contributed by atoms with Gasteiger partial charge in [-0.05, 0) is 68.9 Å². The van der Waals surface area contributed by atoms with Crippen molar-refractivity contribution in [2.75, 3.05) is 25.2 Å². The Balaban J connectivity index is 1.62.